The summed E-state index contributed by atoms with van der Waals surface area (Å²) in [5.41, 5.74) is 0. The number of hydrogen-bond acceptors (Lipinski definition) is 0. The summed E-state index contributed by atoms with van der Waals surface area (Å²) in [6.45, 7) is 0. The Kier molecular flexibility index (Phi) is 7.23. The first kappa shape index (κ1) is 16.7. The van der Waals surface area contributed by atoms with Gasteiger partial charge in [-0.15, -0.1) is 0 Å². The Morgan fingerprint density at radius 1 is 0.750 bits per heavy atom. The maximum atomic E-state index is 6.01. The molecule has 0 N–H and O–H groups in total. The number of benzene rings is 2. The van der Waals surface area contributed by atoms with Gasteiger partial charge in [-0.25, -0.2) is 0 Å². The van der Waals surface area contributed by atoms with Crippen molar-refractivity contribution in [1.29, 1.82) is 0 Å². The second-order valence-corrected chi connectivity index (χ2v) is 15.1. The van der Waals surface area contributed by atoms with Crippen LogP contribution >= 0.6 is 39.1 Å². The molecule has 20 heavy (non-hydrogen) atoms. The van der Waals surface area contributed by atoms with Crippen LogP contribution in [-0.4, -0.2) is 25.1 Å². The number of unbranched alkanes of at least 4 members (excludes halogenated alkanes) is 1. The first-order valence-corrected chi connectivity index (χ1v) is 14.3. The molecule has 0 spiro atoms. The van der Waals surface area contributed by atoms with Crippen LogP contribution in [0.25, 0.3) is 0 Å². The first-order chi connectivity index (χ1) is 9.70. The summed E-state index contributed by atoms with van der Waals surface area (Å²) in [6, 6.07) is 16.9. The van der Waals surface area contributed by atoms with Crippen LogP contribution in [0.15, 0.2) is 48.5 Å². The fourth-order valence-electron chi connectivity index (χ4n) is 2.36. The Morgan fingerprint density at radius 2 is 1.20 bits per heavy atom. The van der Waals surface area contributed by atoms with Gasteiger partial charge in [0, 0.05) is 0 Å². The van der Waals surface area contributed by atoms with E-state index in [2.05, 4.69) is 40.2 Å². The third kappa shape index (κ3) is 4.94. The van der Waals surface area contributed by atoms with Crippen LogP contribution < -0.4 is 7.16 Å². The van der Waals surface area contributed by atoms with Crippen molar-refractivity contribution in [3.8, 4) is 0 Å². The third-order valence-corrected chi connectivity index (χ3v) is 14.1. The Hall–Kier alpha value is 0.299. The van der Waals surface area contributed by atoms with Crippen LogP contribution in [0.2, 0.25) is 14.5 Å². The van der Waals surface area contributed by atoms with E-state index >= 15 is 0 Å². The topological polar surface area (TPSA) is 0 Å². The second kappa shape index (κ2) is 8.67. The molecule has 0 bridgehead atoms. The van der Waals surface area contributed by atoms with E-state index < -0.39 is 19.8 Å². The monoisotopic (exact) mass is 478 g/mol. The van der Waals surface area contributed by atoms with E-state index in [0.29, 0.717) is 0 Å². The summed E-state index contributed by atoms with van der Waals surface area (Å²) < 4.78 is 4.39. The van der Waals surface area contributed by atoms with Gasteiger partial charge in [-0.3, -0.25) is 0 Å². The molecular weight excluding hydrogens is 462 g/mol. The molecular formula is C16H17BrCl2Sn. The van der Waals surface area contributed by atoms with E-state index in [1.54, 1.807) is 0 Å². The predicted octanol–water partition coefficient (Wildman–Crippen LogP) is 4.51. The molecule has 4 heteroatoms. The van der Waals surface area contributed by atoms with Gasteiger partial charge in [0.25, 0.3) is 0 Å². The fourth-order valence-corrected chi connectivity index (χ4v) is 11.7. The summed E-state index contributed by atoms with van der Waals surface area (Å²) in [7, 11) is 0. The quantitative estimate of drug-likeness (QED) is 0.326. The minimum absolute atomic E-state index is 0.815. The Balaban J connectivity index is 2.23. The summed E-state index contributed by atoms with van der Waals surface area (Å²) in [5, 5.41) is 2.72. The van der Waals surface area contributed by atoms with Crippen LogP contribution in [0, 0.1) is 0 Å². The molecule has 0 saturated carbocycles. The molecule has 2 aromatic carbocycles. The van der Waals surface area contributed by atoms with Gasteiger partial charge in [0.05, 0.1) is 0 Å². The van der Waals surface area contributed by atoms with Crippen LogP contribution in [0.1, 0.15) is 12.8 Å². The van der Waals surface area contributed by atoms with Crippen molar-refractivity contribution in [1.82, 2.24) is 0 Å². The molecule has 2 aromatic rings. The summed E-state index contributed by atoms with van der Waals surface area (Å²) in [5.74, 6) is 0. The fraction of sp³-hybridized carbons (Fsp3) is 0.250. The van der Waals surface area contributed by atoms with Crippen molar-refractivity contribution in [2.75, 3.05) is 5.33 Å². The van der Waals surface area contributed by atoms with Crippen LogP contribution in [0.5, 0.6) is 0 Å². The molecule has 0 heterocycles. The molecule has 0 radical (unpaired) electrons. The zero-order valence-corrected chi connectivity index (χ0v) is 17.6. The summed E-state index contributed by atoms with van der Waals surface area (Å²) >= 11 is 13.6. The van der Waals surface area contributed by atoms with Crippen molar-refractivity contribution in [3.05, 3.63) is 58.6 Å². The van der Waals surface area contributed by atoms with Crippen LogP contribution in [0.4, 0.5) is 0 Å². The Bertz CT molecular complexity index is 480. The van der Waals surface area contributed by atoms with E-state index in [1.807, 2.05) is 24.3 Å². The Labute approximate surface area is 146 Å². The average Bonchev–Trinajstić information content (AvgIpc) is 2.46. The van der Waals surface area contributed by atoms with Crippen molar-refractivity contribution >= 4 is 66.1 Å². The zero-order chi connectivity index (χ0) is 14.4. The minimum atomic E-state index is -1.96. The molecule has 0 amide bonds. The SMILES string of the molecule is Clc1cc[c]([SnH]([CH2]CCCBr)[c]2ccc(Cl)cc2)cc1. The number of rotatable bonds is 6. The second-order valence-electron chi connectivity index (χ2n) is 4.84. The standard InChI is InChI=1S/2C6H4Cl.C4H8Br.Sn.H/c2*7-6-4-2-1-3-5-6;1-2-3-4-5;;/h2*2-5H;1-4H2;;. The predicted molar refractivity (Wildman–Crippen MR) is 97.2 cm³/mol. The molecule has 0 atom stereocenters. The number of halogens is 3. The van der Waals surface area contributed by atoms with Gasteiger partial charge >= 0.3 is 147 Å². The Morgan fingerprint density at radius 3 is 1.60 bits per heavy atom. The van der Waals surface area contributed by atoms with Gasteiger partial charge < -0.3 is 0 Å². The maximum absolute atomic E-state index is 6.01. The van der Waals surface area contributed by atoms with E-state index in [0.717, 1.165) is 15.4 Å². The third-order valence-electron chi connectivity index (χ3n) is 3.42. The number of hydrogen-bond donors (Lipinski definition) is 0. The van der Waals surface area contributed by atoms with Crippen molar-refractivity contribution in [3.63, 3.8) is 0 Å². The van der Waals surface area contributed by atoms with Gasteiger partial charge in [0.15, 0.2) is 0 Å². The molecule has 0 unspecified atom stereocenters. The van der Waals surface area contributed by atoms with Gasteiger partial charge in [-0.05, 0) is 0 Å². The molecule has 0 aliphatic heterocycles. The molecule has 106 valence electrons. The molecule has 0 fully saturated rings. The summed E-state index contributed by atoms with van der Waals surface area (Å²) in [6.07, 6.45) is 2.53. The molecule has 0 saturated heterocycles. The summed E-state index contributed by atoms with van der Waals surface area (Å²) in [4.78, 5) is 0. The van der Waals surface area contributed by atoms with E-state index in [9.17, 15) is 0 Å². The van der Waals surface area contributed by atoms with Gasteiger partial charge in [0.1, 0.15) is 0 Å². The van der Waals surface area contributed by atoms with Crippen molar-refractivity contribution < 1.29 is 0 Å². The van der Waals surface area contributed by atoms with Gasteiger partial charge in [0.2, 0.25) is 0 Å². The normalized spacial score (nSPS) is 11.0. The molecule has 0 nitrogen and oxygen atoms in total. The van der Waals surface area contributed by atoms with E-state index in [1.165, 1.54) is 24.4 Å². The van der Waals surface area contributed by atoms with Gasteiger partial charge in [-0.2, -0.15) is 0 Å². The zero-order valence-electron chi connectivity index (χ0n) is 11.2. The van der Waals surface area contributed by atoms with Crippen LogP contribution in [0.3, 0.4) is 0 Å². The first-order valence-electron chi connectivity index (χ1n) is 6.77. The molecule has 2 rings (SSSR count). The van der Waals surface area contributed by atoms with E-state index in [-0.39, 0.29) is 0 Å². The average molecular weight is 479 g/mol. The number of alkyl halides is 1. The van der Waals surface area contributed by atoms with E-state index in [4.69, 9.17) is 23.2 Å². The molecule has 0 aliphatic carbocycles. The van der Waals surface area contributed by atoms with Crippen molar-refractivity contribution in [2.24, 2.45) is 0 Å². The van der Waals surface area contributed by atoms with Crippen molar-refractivity contribution in [2.45, 2.75) is 17.3 Å². The van der Waals surface area contributed by atoms with Gasteiger partial charge in [-0.1, -0.05) is 0 Å². The van der Waals surface area contributed by atoms with Crippen LogP contribution in [-0.2, 0) is 0 Å². The molecule has 0 aliphatic rings. The molecule has 0 aromatic heterocycles.